The lowest BCUT2D eigenvalue weighted by Crippen LogP contribution is -2.57. The third-order valence-electron chi connectivity index (χ3n) is 12.1. The smallest absolute Gasteiger partial charge is 0.398 e. The van der Waals surface area contributed by atoms with Crippen molar-refractivity contribution in [1.29, 1.82) is 0 Å². The van der Waals surface area contributed by atoms with Crippen LogP contribution in [0.25, 0.3) is 0 Å². The van der Waals surface area contributed by atoms with E-state index in [9.17, 15) is 40.7 Å². The van der Waals surface area contributed by atoms with Crippen LogP contribution in [0.2, 0.25) is 0 Å². The number of nitrogens with zero attached hydrogens (tertiary/aromatic N) is 5. The van der Waals surface area contributed by atoms with Crippen molar-refractivity contribution < 1.29 is 40.7 Å². The van der Waals surface area contributed by atoms with Gasteiger partial charge >= 0.3 is 18.4 Å². The van der Waals surface area contributed by atoms with Crippen molar-refractivity contribution in [3.05, 3.63) is 58.7 Å². The third kappa shape index (κ3) is 9.33. The highest BCUT2D eigenvalue weighted by atomic mass is 19.4. The van der Waals surface area contributed by atoms with Gasteiger partial charge in [-0.2, -0.15) is 26.3 Å². The highest BCUT2D eigenvalue weighted by Gasteiger charge is 2.42. The van der Waals surface area contributed by atoms with Crippen molar-refractivity contribution in [2.75, 3.05) is 77.0 Å². The third-order valence-corrected chi connectivity index (χ3v) is 12.1. The van der Waals surface area contributed by atoms with Crippen molar-refractivity contribution >= 4 is 29.2 Å². The number of alkyl halides is 6. The van der Waals surface area contributed by atoms with E-state index in [0.29, 0.717) is 56.4 Å². The first-order valence-electron chi connectivity index (χ1n) is 19.2. The largest absolute Gasteiger partial charge is 0.418 e. The Balaban J connectivity index is 1.18. The molecule has 3 N–H and O–H groups in total. The zero-order chi connectivity index (χ0) is 39.7. The molecule has 2 atom stereocenters. The molecule has 4 fully saturated rings. The highest BCUT2D eigenvalue weighted by Crippen LogP contribution is 2.42. The van der Waals surface area contributed by atoms with Gasteiger partial charge in [-0.1, -0.05) is 18.2 Å². The van der Waals surface area contributed by atoms with Crippen LogP contribution in [0.5, 0.6) is 0 Å². The monoisotopic (exact) mass is 779 g/mol. The summed E-state index contributed by atoms with van der Waals surface area (Å²) in [6.07, 6.45) is -7.45. The molecule has 1 unspecified atom stereocenters. The number of para-hydroxylation sites is 1. The normalized spacial score (nSPS) is 22.6. The molecule has 55 heavy (non-hydrogen) atoms. The van der Waals surface area contributed by atoms with Crippen LogP contribution in [0.1, 0.15) is 61.3 Å². The number of likely N-dealkylation sites (tertiary alicyclic amines) is 1. The zero-order valence-corrected chi connectivity index (χ0v) is 31.4. The number of carbonyl (C=O) groups excluding carboxylic acids is 3. The molecular formula is C39H51F6N7O3. The molecule has 0 aromatic heterocycles. The minimum absolute atomic E-state index is 0.143. The van der Waals surface area contributed by atoms with Gasteiger partial charge in [0.05, 0.1) is 22.7 Å². The maximum Gasteiger partial charge on any atom is 0.418 e. The van der Waals surface area contributed by atoms with E-state index in [2.05, 4.69) is 15.1 Å². The molecule has 4 amide bonds. The number of fused-ring (bicyclic) bond motifs is 4. The van der Waals surface area contributed by atoms with E-state index in [4.69, 9.17) is 5.73 Å². The summed E-state index contributed by atoms with van der Waals surface area (Å²) in [5.41, 5.74) is 2.11. The molecule has 2 aromatic carbocycles. The quantitative estimate of drug-likeness (QED) is 0.221. The molecule has 5 heterocycles. The second kappa shape index (κ2) is 16.6. The molecule has 2 aromatic rings. The molecule has 0 aliphatic carbocycles. The van der Waals surface area contributed by atoms with Crippen molar-refractivity contribution in [3.63, 3.8) is 0 Å². The number of halogens is 6. The van der Waals surface area contributed by atoms with Gasteiger partial charge in [0.25, 0.3) is 0 Å². The average Bonchev–Trinajstić information content (AvgIpc) is 3.32. The Kier molecular flexibility index (Phi) is 12.2. The molecule has 7 rings (SSSR count). The van der Waals surface area contributed by atoms with E-state index < -0.39 is 59.7 Å². The number of nitrogens with one attached hydrogen (secondary N) is 1. The first kappa shape index (κ1) is 40.6. The summed E-state index contributed by atoms with van der Waals surface area (Å²) in [5.74, 6) is -1.61. The summed E-state index contributed by atoms with van der Waals surface area (Å²) in [6.45, 7) is 6.96. The van der Waals surface area contributed by atoms with Crippen LogP contribution >= 0.6 is 0 Å². The Morgan fingerprint density at radius 2 is 1.56 bits per heavy atom. The Hall–Kier alpha value is -4.05. The number of hydrogen-bond donors (Lipinski definition) is 2. The first-order valence-corrected chi connectivity index (χ1v) is 19.2. The number of rotatable bonds is 11. The Bertz CT molecular complexity index is 1670. The second-order valence-corrected chi connectivity index (χ2v) is 15.5. The van der Waals surface area contributed by atoms with Gasteiger partial charge in [-0.15, -0.1) is 0 Å². The number of hydrogen-bond acceptors (Lipinski definition) is 6. The van der Waals surface area contributed by atoms with Crippen molar-refractivity contribution in [2.45, 2.75) is 76.3 Å². The lowest BCUT2D eigenvalue weighted by molar-refractivity contribution is -0.142. The van der Waals surface area contributed by atoms with Crippen LogP contribution in [0, 0.1) is 11.8 Å². The summed E-state index contributed by atoms with van der Waals surface area (Å²) in [5, 5.41) is 2.96. The topological polar surface area (TPSA) is 105 Å². The molecule has 302 valence electrons. The fraction of sp³-hybridized carbons (Fsp3) is 0.615. The summed E-state index contributed by atoms with van der Waals surface area (Å²) in [4.78, 5) is 50.8. The van der Waals surface area contributed by atoms with Crippen molar-refractivity contribution in [3.8, 4) is 0 Å². The highest BCUT2D eigenvalue weighted by molar-refractivity contribution is 5.91. The molecule has 5 aliphatic rings. The van der Waals surface area contributed by atoms with E-state index in [-0.39, 0.29) is 43.8 Å². The summed E-state index contributed by atoms with van der Waals surface area (Å²) in [7, 11) is 2.01. The predicted octanol–water partition coefficient (Wildman–Crippen LogP) is 5.81. The number of benzene rings is 2. The summed E-state index contributed by atoms with van der Waals surface area (Å²) < 4.78 is 83.9. The van der Waals surface area contributed by atoms with E-state index in [1.54, 1.807) is 21.6 Å². The fourth-order valence-corrected chi connectivity index (χ4v) is 8.90. The number of piperidine rings is 4. The lowest BCUT2D eigenvalue weighted by atomic mass is 9.83. The van der Waals surface area contributed by atoms with Gasteiger partial charge < -0.3 is 35.6 Å². The van der Waals surface area contributed by atoms with Gasteiger partial charge in [0.2, 0.25) is 11.8 Å². The second-order valence-electron chi connectivity index (χ2n) is 15.5. The molecule has 4 saturated heterocycles. The minimum atomic E-state index is -5.18. The van der Waals surface area contributed by atoms with Gasteiger partial charge in [-0.05, 0) is 101 Å². The Morgan fingerprint density at radius 1 is 0.927 bits per heavy atom. The number of urea groups is 1. The van der Waals surface area contributed by atoms with Crippen LogP contribution in [0.15, 0.2) is 36.4 Å². The standard InChI is InChI=1S/C39H51F6N7O3/c1-3-50(19-18-48(2)33-24-49-13-8-27(33)9-14-49)36(54)28(20-25-21-30(38(40,41)42)35(46)31(22-25)39(43,44)45)23-34(53)51-15-11-29(12-16-51)52-17-10-26-6-4-5-7-32(26)47-37(52)55/h4-7,21-22,27-29,33H,3,8-20,23-24,46H2,1-2H3,(H,47,55)/t28-,33?/m0/s1. The predicted molar refractivity (Wildman–Crippen MR) is 196 cm³/mol. The molecule has 0 spiro atoms. The molecule has 16 heteroatoms. The molecule has 2 bridgehead atoms. The summed E-state index contributed by atoms with van der Waals surface area (Å²) >= 11 is 0. The van der Waals surface area contributed by atoms with Gasteiger partial charge in [-0.3, -0.25) is 9.59 Å². The first-order chi connectivity index (χ1) is 26.0. The number of carbonyl (C=O) groups is 3. The Labute approximate surface area is 317 Å². The zero-order valence-electron chi connectivity index (χ0n) is 31.4. The van der Waals surface area contributed by atoms with Gasteiger partial charge in [-0.25, -0.2) is 4.79 Å². The SMILES string of the molecule is CCN(CCN(C)C1CN2CCC1CC2)C(=O)[C@H](CC(=O)N1CCC(N2CCc3ccccc3NC2=O)CC1)Cc1cc(C(F)(F)F)c(N)c(C(F)(F)F)c1. The van der Waals surface area contributed by atoms with Crippen LogP contribution in [0.3, 0.4) is 0 Å². The van der Waals surface area contributed by atoms with E-state index in [0.717, 1.165) is 43.7 Å². The van der Waals surface area contributed by atoms with E-state index >= 15 is 0 Å². The van der Waals surface area contributed by atoms with Crippen LogP contribution < -0.4 is 11.1 Å². The molecule has 0 radical (unpaired) electrons. The molecule has 0 saturated carbocycles. The van der Waals surface area contributed by atoms with Gasteiger partial charge in [0, 0.05) is 70.0 Å². The number of nitrogen functional groups attached to an aromatic ring is 1. The minimum Gasteiger partial charge on any atom is -0.398 e. The van der Waals surface area contributed by atoms with E-state index in [1.807, 2.05) is 31.3 Å². The average molecular weight is 780 g/mol. The van der Waals surface area contributed by atoms with Gasteiger partial charge in [0.15, 0.2) is 0 Å². The maximum atomic E-state index is 14.3. The summed E-state index contributed by atoms with van der Waals surface area (Å²) in [6, 6.07) is 8.66. The van der Waals surface area contributed by atoms with Crippen LogP contribution in [0.4, 0.5) is 42.5 Å². The van der Waals surface area contributed by atoms with Crippen LogP contribution in [-0.2, 0) is 34.8 Å². The molecule has 10 nitrogen and oxygen atoms in total. The van der Waals surface area contributed by atoms with Gasteiger partial charge in [0.1, 0.15) is 0 Å². The number of nitrogens with two attached hydrogens (primary N) is 1. The number of amides is 4. The van der Waals surface area contributed by atoms with Crippen molar-refractivity contribution in [2.24, 2.45) is 11.8 Å². The molecule has 5 aliphatic heterocycles. The fourth-order valence-electron chi connectivity index (χ4n) is 8.90. The van der Waals surface area contributed by atoms with E-state index in [1.165, 1.54) is 0 Å². The maximum absolute atomic E-state index is 14.3. The lowest BCUT2D eigenvalue weighted by Gasteiger charge is -2.48. The van der Waals surface area contributed by atoms with Crippen LogP contribution in [-0.4, -0.2) is 120 Å². The molecular weight excluding hydrogens is 728 g/mol. The number of anilines is 2. The van der Waals surface area contributed by atoms with Crippen molar-refractivity contribution in [1.82, 2.24) is 24.5 Å². The Morgan fingerprint density at radius 3 is 2.15 bits per heavy atom. The number of likely N-dealkylation sites (N-methyl/N-ethyl adjacent to an activating group) is 2.